The van der Waals surface area contributed by atoms with Crippen LogP contribution in [0.25, 0.3) is 10.9 Å². The monoisotopic (exact) mass is 569 g/mol. The molecule has 0 radical (unpaired) electrons. The number of unbranched alkanes of at least 4 members (excludes halogenated alkanes) is 1. The second kappa shape index (κ2) is 14.7. The summed E-state index contributed by atoms with van der Waals surface area (Å²) in [7, 11) is 0. The van der Waals surface area contributed by atoms with Crippen LogP contribution < -0.4 is 9.47 Å². The van der Waals surface area contributed by atoms with Crippen molar-refractivity contribution < 1.29 is 24.2 Å². The molecule has 1 heterocycles. The number of ketones is 1. The lowest BCUT2D eigenvalue weighted by molar-refractivity contribution is -0.137. The topological polar surface area (TPSA) is 77.8 Å². The number of carbonyl (C=O) groups excluding carboxylic acids is 1. The standard InChI is InChI=1S/C36H43NO5/c1-5-7-20-41-34-22-26(21-25(3)4)12-13-28(34)24-42-30-17-14-27(15-18-30)36(40)32-23-37(29(6-2)16-19-35(38)39)33-11-9-8-10-31(32)33/h8-15,17-18,22-23,25,29H,5-7,16,19-21,24H2,1-4H3,(H,38,39). The highest BCUT2D eigenvalue weighted by atomic mass is 16.5. The van der Waals surface area contributed by atoms with E-state index in [0.717, 1.165) is 47.9 Å². The van der Waals surface area contributed by atoms with Crippen LogP contribution in [0.4, 0.5) is 0 Å². The maximum Gasteiger partial charge on any atom is 0.303 e. The van der Waals surface area contributed by atoms with Gasteiger partial charge in [-0.2, -0.15) is 0 Å². The molecule has 1 aromatic heterocycles. The summed E-state index contributed by atoms with van der Waals surface area (Å²) in [4.78, 5) is 24.9. The van der Waals surface area contributed by atoms with Crippen molar-refractivity contribution in [3.05, 3.63) is 95.2 Å². The molecule has 0 amide bonds. The van der Waals surface area contributed by atoms with Gasteiger partial charge in [0.05, 0.1) is 6.61 Å². The average Bonchev–Trinajstić information content (AvgIpc) is 3.36. The quantitative estimate of drug-likeness (QED) is 0.108. The van der Waals surface area contributed by atoms with Crippen molar-refractivity contribution in [1.29, 1.82) is 0 Å². The van der Waals surface area contributed by atoms with Crippen LogP contribution in [0, 0.1) is 5.92 Å². The number of carboxylic acids is 1. The number of nitrogens with zero attached hydrogens (tertiary/aromatic N) is 1. The average molecular weight is 570 g/mol. The molecule has 222 valence electrons. The van der Waals surface area contributed by atoms with E-state index in [9.17, 15) is 14.7 Å². The van der Waals surface area contributed by atoms with Crippen molar-refractivity contribution in [1.82, 2.24) is 4.57 Å². The number of hydrogen-bond donors (Lipinski definition) is 1. The van der Waals surface area contributed by atoms with Gasteiger partial charge in [0, 0.05) is 46.3 Å². The first-order valence-corrected chi connectivity index (χ1v) is 15.1. The zero-order valence-electron chi connectivity index (χ0n) is 25.3. The van der Waals surface area contributed by atoms with Gasteiger partial charge in [0.1, 0.15) is 18.1 Å². The molecule has 42 heavy (non-hydrogen) atoms. The second-order valence-electron chi connectivity index (χ2n) is 11.3. The zero-order valence-corrected chi connectivity index (χ0v) is 25.3. The van der Waals surface area contributed by atoms with Crippen LogP contribution in [0.2, 0.25) is 0 Å². The van der Waals surface area contributed by atoms with Crippen LogP contribution in [0.1, 0.15) is 92.9 Å². The molecule has 0 bridgehead atoms. The number of carboxylic acid groups (broad SMARTS) is 1. The highest BCUT2D eigenvalue weighted by Crippen LogP contribution is 2.31. The summed E-state index contributed by atoms with van der Waals surface area (Å²) >= 11 is 0. The van der Waals surface area contributed by atoms with Gasteiger partial charge in [-0.1, -0.05) is 64.4 Å². The largest absolute Gasteiger partial charge is 0.493 e. The molecular formula is C36H43NO5. The van der Waals surface area contributed by atoms with Crippen molar-refractivity contribution in [2.75, 3.05) is 6.61 Å². The molecule has 0 aliphatic heterocycles. The fraction of sp³-hybridized carbons (Fsp3) is 0.389. The molecule has 4 aromatic rings. The minimum atomic E-state index is -0.813. The van der Waals surface area contributed by atoms with Gasteiger partial charge in [0.25, 0.3) is 0 Å². The summed E-state index contributed by atoms with van der Waals surface area (Å²) in [5, 5.41) is 10.1. The van der Waals surface area contributed by atoms with Crippen molar-refractivity contribution in [2.45, 2.75) is 78.9 Å². The number of aromatic nitrogens is 1. The summed E-state index contributed by atoms with van der Waals surface area (Å²) in [6.07, 6.45) is 6.34. The smallest absolute Gasteiger partial charge is 0.303 e. The molecule has 4 rings (SSSR count). The van der Waals surface area contributed by atoms with Crippen LogP contribution in [0.15, 0.2) is 72.9 Å². The van der Waals surface area contributed by atoms with Crippen LogP contribution in [0.3, 0.4) is 0 Å². The van der Waals surface area contributed by atoms with Gasteiger partial charge in [-0.05, 0) is 73.6 Å². The van der Waals surface area contributed by atoms with Gasteiger partial charge >= 0.3 is 5.97 Å². The first-order valence-electron chi connectivity index (χ1n) is 15.1. The van der Waals surface area contributed by atoms with Gasteiger partial charge < -0.3 is 19.1 Å². The van der Waals surface area contributed by atoms with Gasteiger partial charge in [0.2, 0.25) is 0 Å². The van der Waals surface area contributed by atoms with E-state index < -0.39 is 5.97 Å². The Kier molecular flexibility index (Phi) is 10.8. The Morgan fingerprint density at radius 1 is 0.952 bits per heavy atom. The Hall–Kier alpha value is -4.06. The number of aliphatic carboxylic acids is 1. The molecule has 0 saturated carbocycles. The summed E-state index contributed by atoms with van der Waals surface area (Å²) in [5.74, 6) is 1.24. The molecule has 0 saturated heterocycles. The molecule has 0 aliphatic carbocycles. The molecule has 3 aromatic carbocycles. The Morgan fingerprint density at radius 2 is 1.71 bits per heavy atom. The third-order valence-electron chi connectivity index (χ3n) is 7.58. The van der Waals surface area contributed by atoms with Crippen LogP contribution in [-0.2, 0) is 17.8 Å². The van der Waals surface area contributed by atoms with Crippen molar-refractivity contribution >= 4 is 22.7 Å². The number of fused-ring (bicyclic) bond motifs is 1. The van der Waals surface area contributed by atoms with E-state index in [1.54, 1.807) is 12.1 Å². The van der Waals surface area contributed by atoms with Gasteiger partial charge in [0.15, 0.2) is 5.78 Å². The molecule has 6 nitrogen and oxygen atoms in total. The minimum Gasteiger partial charge on any atom is -0.493 e. The van der Waals surface area contributed by atoms with Gasteiger partial charge in [-0.25, -0.2) is 0 Å². The normalized spacial score (nSPS) is 12.0. The van der Waals surface area contributed by atoms with Crippen molar-refractivity contribution in [3.63, 3.8) is 0 Å². The fourth-order valence-corrected chi connectivity index (χ4v) is 5.31. The predicted molar refractivity (Wildman–Crippen MR) is 168 cm³/mol. The predicted octanol–water partition coefficient (Wildman–Crippen LogP) is 8.64. The van der Waals surface area contributed by atoms with E-state index in [4.69, 9.17) is 9.47 Å². The van der Waals surface area contributed by atoms with Crippen LogP contribution in [-0.4, -0.2) is 28.0 Å². The lowest BCUT2D eigenvalue weighted by atomic mass is 10.0. The molecule has 6 heteroatoms. The lowest BCUT2D eigenvalue weighted by Crippen LogP contribution is -2.09. The number of carbonyl (C=O) groups is 2. The Bertz CT molecular complexity index is 1480. The third kappa shape index (κ3) is 7.81. The van der Waals surface area contributed by atoms with Crippen molar-refractivity contribution in [3.8, 4) is 11.5 Å². The first-order chi connectivity index (χ1) is 20.3. The van der Waals surface area contributed by atoms with Gasteiger partial charge in [-0.15, -0.1) is 0 Å². The maximum atomic E-state index is 13.7. The van der Waals surface area contributed by atoms with Crippen LogP contribution in [0.5, 0.6) is 11.5 Å². The summed E-state index contributed by atoms with van der Waals surface area (Å²) < 4.78 is 14.3. The summed E-state index contributed by atoms with van der Waals surface area (Å²) in [6, 6.07) is 21.4. The highest BCUT2D eigenvalue weighted by molar-refractivity contribution is 6.16. The highest BCUT2D eigenvalue weighted by Gasteiger charge is 2.20. The molecule has 0 aliphatic rings. The van der Waals surface area contributed by atoms with Crippen molar-refractivity contribution in [2.24, 2.45) is 5.92 Å². The van der Waals surface area contributed by atoms with E-state index in [1.165, 1.54) is 5.56 Å². The molecule has 0 spiro atoms. The minimum absolute atomic E-state index is 0.00129. The molecule has 1 unspecified atom stereocenters. The Balaban J connectivity index is 1.50. The van der Waals surface area contributed by atoms with E-state index in [-0.39, 0.29) is 18.2 Å². The van der Waals surface area contributed by atoms with Crippen LogP contribution >= 0.6 is 0 Å². The van der Waals surface area contributed by atoms with Gasteiger partial charge in [-0.3, -0.25) is 9.59 Å². The number of hydrogen-bond acceptors (Lipinski definition) is 4. The Labute approximate surface area is 249 Å². The molecule has 1 N–H and O–H groups in total. The fourth-order valence-electron chi connectivity index (χ4n) is 5.31. The molecular weight excluding hydrogens is 526 g/mol. The number of rotatable bonds is 16. The lowest BCUT2D eigenvalue weighted by Gasteiger charge is -2.17. The summed E-state index contributed by atoms with van der Waals surface area (Å²) in [6.45, 7) is 9.68. The van der Waals surface area contributed by atoms with E-state index in [2.05, 4.69) is 43.5 Å². The third-order valence-corrected chi connectivity index (χ3v) is 7.58. The first kappa shape index (κ1) is 30.9. The maximum absolute atomic E-state index is 13.7. The van der Waals surface area contributed by atoms with E-state index in [1.807, 2.05) is 49.5 Å². The van der Waals surface area contributed by atoms with E-state index >= 15 is 0 Å². The number of benzene rings is 3. The summed E-state index contributed by atoms with van der Waals surface area (Å²) in [5.41, 5.74) is 4.39. The molecule has 1 atom stereocenters. The zero-order chi connectivity index (χ0) is 30.1. The number of para-hydroxylation sites is 1. The molecule has 0 fully saturated rings. The Morgan fingerprint density at radius 3 is 2.40 bits per heavy atom. The number of ether oxygens (including phenoxy) is 2. The van der Waals surface area contributed by atoms with E-state index in [0.29, 0.717) is 42.4 Å². The SMILES string of the molecule is CCCCOc1cc(CC(C)C)ccc1COc1ccc(C(=O)c2cn(C(CC)CCC(=O)O)c3ccccc23)cc1. The second-order valence-corrected chi connectivity index (χ2v) is 11.3.